The van der Waals surface area contributed by atoms with Crippen molar-refractivity contribution >= 4 is 22.6 Å². The molecule has 0 saturated heterocycles. The second kappa shape index (κ2) is 3.35. The van der Waals surface area contributed by atoms with Crippen LogP contribution in [0.1, 0.15) is 32.6 Å². The van der Waals surface area contributed by atoms with Gasteiger partial charge in [-0.1, -0.05) is 35.9 Å². The molecule has 1 rings (SSSR count). The third kappa shape index (κ3) is 2.06. The molecule has 0 amide bonds. The summed E-state index contributed by atoms with van der Waals surface area (Å²) >= 11 is 2.12. The van der Waals surface area contributed by atoms with Crippen molar-refractivity contribution in [2.45, 2.75) is 42.7 Å². The molecule has 0 heterocycles. The first-order chi connectivity index (χ1) is 5.35. The van der Waals surface area contributed by atoms with E-state index in [1.165, 1.54) is 6.92 Å². The van der Waals surface area contributed by atoms with Crippen LogP contribution in [0, 0.1) is 5.41 Å². The van der Waals surface area contributed by atoms with E-state index < -0.39 is 11.6 Å². The minimum atomic E-state index is -4.02. The monoisotopic (exact) mass is 292 g/mol. The maximum absolute atomic E-state index is 12.5. The van der Waals surface area contributed by atoms with E-state index in [2.05, 4.69) is 22.6 Å². The lowest BCUT2D eigenvalue weighted by Crippen LogP contribution is -2.39. The highest BCUT2D eigenvalue weighted by molar-refractivity contribution is 14.1. The molecule has 0 N–H and O–H groups in total. The summed E-state index contributed by atoms with van der Waals surface area (Å²) in [4.78, 5) is 0. The van der Waals surface area contributed by atoms with Crippen molar-refractivity contribution in [2.24, 2.45) is 5.41 Å². The number of rotatable bonds is 0. The van der Waals surface area contributed by atoms with E-state index in [0.717, 1.165) is 6.42 Å². The predicted molar refractivity (Wildman–Crippen MR) is 50.4 cm³/mol. The van der Waals surface area contributed by atoms with Crippen LogP contribution >= 0.6 is 22.6 Å². The van der Waals surface area contributed by atoms with Crippen LogP contribution in [0.15, 0.2) is 0 Å². The van der Waals surface area contributed by atoms with Crippen LogP contribution in [0.3, 0.4) is 0 Å². The zero-order valence-corrected chi connectivity index (χ0v) is 9.08. The van der Waals surface area contributed by atoms with E-state index in [-0.39, 0.29) is 10.3 Å². The molecule has 12 heavy (non-hydrogen) atoms. The topological polar surface area (TPSA) is 0 Å². The maximum Gasteiger partial charge on any atom is 0.394 e. The molecule has 0 spiro atoms. The van der Waals surface area contributed by atoms with Crippen LogP contribution in [0.5, 0.6) is 0 Å². The second-order valence-corrected chi connectivity index (χ2v) is 5.51. The summed E-state index contributed by atoms with van der Waals surface area (Å²) in [5.74, 6) is 0. The van der Waals surface area contributed by atoms with Gasteiger partial charge in [-0.25, -0.2) is 0 Å². The molecule has 0 radical (unpaired) electrons. The minimum Gasteiger partial charge on any atom is -0.171 e. The van der Waals surface area contributed by atoms with E-state index in [0.29, 0.717) is 12.8 Å². The smallest absolute Gasteiger partial charge is 0.171 e. The molecule has 2 unspecified atom stereocenters. The summed E-state index contributed by atoms with van der Waals surface area (Å²) < 4.78 is 37.7. The Morgan fingerprint density at radius 2 is 2.00 bits per heavy atom. The van der Waals surface area contributed by atoms with Crippen molar-refractivity contribution in [1.29, 1.82) is 0 Å². The second-order valence-electron chi connectivity index (χ2n) is 3.75. The fourth-order valence-electron chi connectivity index (χ4n) is 1.66. The molecule has 1 aliphatic carbocycles. The highest BCUT2D eigenvalue weighted by Crippen LogP contribution is 2.49. The van der Waals surface area contributed by atoms with Gasteiger partial charge in [0.05, 0.1) is 5.41 Å². The van der Waals surface area contributed by atoms with E-state index in [9.17, 15) is 13.2 Å². The molecule has 1 saturated carbocycles. The number of halogens is 4. The van der Waals surface area contributed by atoms with Gasteiger partial charge in [-0.2, -0.15) is 13.2 Å². The predicted octanol–water partition coefficient (Wildman–Crippen LogP) is 3.93. The van der Waals surface area contributed by atoms with Gasteiger partial charge in [-0.15, -0.1) is 0 Å². The van der Waals surface area contributed by atoms with Gasteiger partial charge in [-0.05, 0) is 19.3 Å². The number of alkyl halides is 4. The third-order valence-corrected chi connectivity index (χ3v) is 3.67. The lowest BCUT2D eigenvalue weighted by molar-refractivity contribution is -0.226. The van der Waals surface area contributed by atoms with Crippen LogP contribution in [0.2, 0.25) is 0 Å². The van der Waals surface area contributed by atoms with E-state index in [1.54, 1.807) is 0 Å². The molecule has 0 nitrogen and oxygen atoms in total. The van der Waals surface area contributed by atoms with Gasteiger partial charge in [0.15, 0.2) is 0 Å². The van der Waals surface area contributed by atoms with Crippen molar-refractivity contribution in [3.05, 3.63) is 0 Å². The van der Waals surface area contributed by atoms with Crippen molar-refractivity contribution in [3.63, 3.8) is 0 Å². The molecule has 0 aromatic heterocycles. The Morgan fingerprint density at radius 1 is 1.42 bits per heavy atom. The van der Waals surface area contributed by atoms with Gasteiger partial charge >= 0.3 is 6.18 Å². The minimum absolute atomic E-state index is 0.197. The SMILES string of the molecule is CC1(C(F)(F)F)CCCC(I)C1. The first-order valence-electron chi connectivity index (χ1n) is 4.06. The average molecular weight is 292 g/mol. The molecule has 72 valence electrons. The Bertz CT molecular complexity index is 166. The van der Waals surface area contributed by atoms with Crippen molar-refractivity contribution in [1.82, 2.24) is 0 Å². The van der Waals surface area contributed by atoms with E-state index in [1.807, 2.05) is 0 Å². The van der Waals surface area contributed by atoms with Crippen LogP contribution in [0.25, 0.3) is 0 Å². The van der Waals surface area contributed by atoms with Gasteiger partial charge in [0.1, 0.15) is 0 Å². The molecular formula is C8H12F3I. The molecule has 0 aliphatic heterocycles. The number of hydrogen-bond acceptors (Lipinski definition) is 0. The molecule has 4 heteroatoms. The normalized spacial score (nSPS) is 38.2. The fourth-order valence-corrected chi connectivity index (χ4v) is 3.08. The van der Waals surface area contributed by atoms with Gasteiger partial charge in [0, 0.05) is 3.92 Å². The molecule has 2 atom stereocenters. The third-order valence-electron chi connectivity index (χ3n) is 2.60. The Kier molecular flexibility index (Phi) is 2.96. The standard InChI is InChI=1S/C8H12F3I/c1-7(8(9,10)11)4-2-3-6(12)5-7/h6H,2-5H2,1H3. The zero-order chi connectivity index (χ0) is 9.41. The van der Waals surface area contributed by atoms with E-state index in [4.69, 9.17) is 0 Å². The zero-order valence-electron chi connectivity index (χ0n) is 6.92. The highest BCUT2D eigenvalue weighted by Gasteiger charge is 2.52. The first-order valence-corrected chi connectivity index (χ1v) is 5.30. The molecule has 1 aliphatic rings. The van der Waals surface area contributed by atoms with Gasteiger partial charge in [-0.3, -0.25) is 0 Å². The van der Waals surface area contributed by atoms with Gasteiger partial charge in [0.25, 0.3) is 0 Å². The van der Waals surface area contributed by atoms with Crippen LogP contribution < -0.4 is 0 Å². The lowest BCUT2D eigenvalue weighted by Gasteiger charge is -2.37. The maximum atomic E-state index is 12.5. The van der Waals surface area contributed by atoms with Crippen molar-refractivity contribution < 1.29 is 13.2 Å². The fraction of sp³-hybridized carbons (Fsp3) is 1.00. The average Bonchev–Trinajstić information content (AvgIpc) is 1.83. The summed E-state index contributed by atoms with van der Waals surface area (Å²) in [5.41, 5.74) is -1.42. The Labute approximate surface area is 84.0 Å². The molecule has 0 aromatic carbocycles. The molecular weight excluding hydrogens is 280 g/mol. The molecule has 1 fully saturated rings. The summed E-state index contributed by atoms with van der Waals surface area (Å²) in [7, 11) is 0. The van der Waals surface area contributed by atoms with E-state index >= 15 is 0 Å². The van der Waals surface area contributed by atoms with Crippen LogP contribution in [-0.4, -0.2) is 10.1 Å². The Morgan fingerprint density at radius 3 is 2.33 bits per heavy atom. The largest absolute Gasteiger partial charge is 0.394 e. The van der Waals surface area contributed by atoms with Crippen molar-refractivity contribution in [2.75, 3.05) is 0 Å². The molecule has 0 aromatic rings. The summed E-state index contributed by atoms with van der Waals surface area (Å²) in [5, 5.41) is 0. The summed E-state index contributed by atoms with van der Waals surface area (Å²) in [6.07, 6.45) is -1.78. The summed E-state index contributed by atoms with van der Waals surface area (Å²) in [6.45, 7) is 1.35. The quantitative estimate of drug-likeness (QED) is 0.469. The van der Waals surface area contributed by atoms with Gasteiger partial charge in [0.2, 0.25) is 0 Å². The summed E-state index contributed by atoms with van der Waals surface area (Å²) in [6, 6.07) is 0. The molecule has 0 bridgehead atoms. The van der Waals surface area contributed by atoms with Crippen LogP contribution in [0.4, 0.5) is 13.2 Å². The Balaban J connectivity index is 2.70. The Hall–Kier alpha value is 0.520. The van der Waals surface area contributed by atoms with Crippen LogP contribution in [-0.2, 0) is 0 Å². The highest BCUT2D eigenvalue weighted by atomic mass is 127. The van der Waals surface area contributed by atoms with Gasteiger partial charge < -0.3 is 0 Å². The first kappa shape index (κ1) is 10.6. The van der Waals surface area contributed by atoms with Crippen molar-refractivity contribution in [3.8, 4) is 0 Å². The number of hydrogen-bond donors (Lipinski definition) is 0. The lowest BCUT2D eigenvalue weighted by atomic mass is 9.75.